The Hall–Kier alpha value is -1.77. The zero-order valence-corrected chi connectivity index (χ0v) is 13.8. The van der Waals surface area contributed by atoms with Crippen molar-refractivity contribution < 1.29 is 5.11 Å². The summed E-state index contributed by atoms with van der Waals surface area (Å²) >= 11 is 0. The summed E-state index contributed by atoms with van der Waals surface area (Å²) in [5.41, 5.74) is 3.68. The number of unbranched alkanes of at least 4 members (excludes halogenated alkanes) is 1. The number of nitrogens with zero attached hydrogens (tertiary/aromatic N) is 2. The summed E-state index contributed by atoms with van der Waals surface area (Å²) < 4.78 is 1.96. The van der Waals surface area contributed by atoms with Gasteiger partial charge in [0.15, 0.2) is 5.75 Å². The van der Waals surface area contributed by atoms with Gasteiger partial charge in [-0.2, -0.15) is 5.10 Å². The summed E-state index contributed by atoms with van der Waals surface area (Å²) in [5, 5.41) is 15.4. The minimum atomic E-state index is -0.166. The average Bonchev–Trinajstić information content (AvgIpc) is 2.73. The van der Waals surface area contributed by atoms with Gasteiger partial charge in [-0.3, -0.25) is 4.68 Å². The molecule has 1 aromatic heterocycles. The molecule has 21 heavy (non-hydrogen) atoms. The maximum absolute atomic E-state index is 10.7. The first kappa shape index (κ1) is 15.6. The van der Waals surface area contributed by atoms with Crippen molar-refractivity contribution in [2.45, 2.75) is 59.4 Å². The molecule has 0 aliphatic rings. The average molecular weight is 286 g/mol. The maximum atomic E-state index is 10.7. The SMILES string of the molecule is CCCCc1nn(C(C)(C)C)c(-c2cccc(C)c2)c1O. The Morgan fingerprint density at radius 3 is 2.52 bits per heavy atom. The van der Waals surface area contributed by atoms with E-state index in [1.807, 2.05) is 16.8 Å². The fourth-order valence-electron chi connectivity index (χ4n) is 2.50. The van der Waals surface area contributed by atoms with E-state index in [9.17, 15) is 5.11 Å². The van der Waals surface area contributed by atoms with Gasteiger partial charge in [0.1, 0.15) is 11.4 Å². The van der Waals surface area contributed by atoms with Gasteiger partial charge in [-0.1, -0.05) is 37.1 Å². The molecule has 0 aliphatic carbocycles. The number of benzene rings is 1. The lowest BCUT2D eigenvalue weighted by Gasteiger charge is -2.22. The summed E-state index contributed by atoms with van der Waals surface area (Å²) in [5.74, 6) is 0.337. The van der Waals surface area contributed by atoms with Crippen LogP contribution in [0.25, 0.3) is 11.3 Å². The van der Waals surface area contributed by atoms with Gasteiger partial charge >= 0.3 is 0 Å². The van der Waals surface area contributed by atoms with Crippen LogP contribution in [0.2, 0.25) is 0 Å². The monoisotopic (exact) mass is 286 g/mol. The number of aromatic hydroxyl groups is 1. The highest BCUT2D eigenvalue weighted by Gasteiger charge is 2.25. The Balaban J connectivity index is 2.59. The van der Waals surface area contributed by atoms with Gasteiger partial charge in [-0.05, 0) is 46.6 Å². The van der Waals surface area contributed by atoms with Crippen LogP contribution in [0, 0.1) is 6.92 Å². The molecule has 0 saturated carbocycles. The van der Waals surface area contributed by atoms with E-state index in [1.54, 1.807) is 0 Å². The first-order chi connectivity index (χ1) is 9.84. The molecule has 3 heteroatoms. The number of hydrogen-bond acceptors (Lipinski definition) is 2. The van der Waals surface area contributed by atoms with Crippen LogP contribution in [0.15, 0.2) is 24.3 Å². The van der Waals surface area contributed by atoms with Crippen LogP contribution < -0.4 is 0 Å². The van der Waals surface area contributed by atoms with Gasteiger partial charge in [-0.15, -0.1) is 0 Å². The van der Waals surface area contributed by atoms with Crippen molar-refractivity contribution in [3.05, 3.63) is 35.5 Å². The predicted molar refractivity (Wildman–Crippen MR) is 87.7 cm³/mol. The minimum Gasteiger partial charge on any atom is -0.504 e. The Bertz CT molecular complexity index is 621. The maximum Gasteiger partial charge on any atom is 0.164 e. The molecule has 0 atom stereocenters. The zero-order chi connectivity index (χ0) is 15.6. The quantitative estimate of drug-likeness (QED) is 0.887. The van der Waals surface area contributed by atoms with E-state index in [4.69, 9.17) is 5.10 Å². The highest BCUT2D eigenvalue weighted by Crippen LogP contribution is 2.36. The van der Waals surface area contributed by atoms with Crippen molar-refractivity contribution in [1.29, 1.82) is 0 Å². The van der Waals surface area contributed by atoms with Crippen LogP contribution in [0.3, 0.4) is 0 Å². The molecule has 3 nitrogen and oxygen atoms in total. The van der Waals surface area contributed by atoms with Crippen molar-refractivity contribution in [3.63, 3.8) is 0 Å². The second-order valence-electron chi connectivity index (χ2n) is 6.70. The molecule has 0 fully saturated rings. The normalized spacial score (nSPS) is 11.9. The van der Waals surface area contributed by atoms with Crippen LogP contribution in [0.5, 0.6) is 5.75 Å². The van der Waals surface area contributed by atoms with E-state index >= 15 is 0 Å². The third kappa shape index (κ3) is 3.29. The topological polar surface area (TPSA) is 38.0 Å². The van der Waals surface area contributed by atoms with Crippen molar-refractivity contribution in [2.75, 3.05) is 0 Å². The molecule has 0 spiro atoms. The van der Waals surface area contributed by atoms with Gasteiger partial charge in [-0.25, -0.2) is 0 Å². The highest BCUT2D eigenvalue weighted by molar-refractivity contribution is 5.68. The molecular weight excluding hydrogens is 260 g/mol. The van der Waals surface area contributed by atoms with Crippen LogP contribution in [0.4, 0.5) is 0 Å². The molecular formula is C18H26N2O. The fourth-order valence-corrected chi connectivity index (χ4v) is 2.50. The molecule has 0 aliphatic heterocycles. The molecule has 2 aromatic rings. The molecule has 2 rings (SSSR count). The van der Waals surface area contributed by atoms with E-state index < -0.39 is 0 Å². The van der Waals surface area contributed by atoms with Crippen molar-refractivity contribution in [3.8, 4) is 17.0 Å². The Morgan fingerprint density at radius 2 is 1.95 bits per heavy atom. The molecule has 1 heterocycles. The standard InChI is InChI=1S/C18H26N2O/c1-6-7-11-15-17(21)16(20(19-15)18(3,4)5)14-10-8-9-13(2)12-14/h8-10,12,21H,6-7,11H2,1-5H3. The van der Waals surface area contributed by atoms with Gasteiger partial charge in [0.25, 0.3) is 0 Å². The van der Waals surface area contributed by atoms with Gasteiger partial charge in [0.2, 0.25) is 0 Å². The molecule has 114 valence electrons. The van der Waals surface area contributed by atoms with Crippen molar-refractivity contribution in [2.24, 2.45) is 0 Å². The fraction of sp³-hybridized carbons (Fsp3) is 0.500. The molecule has 0 radical (unpaired) electrons. The lowest BCUT2D eigenvalue weighted by Crippen LogP contribution is -2.24. The molecule has 1 N–H and O–H groups in total. The Labute approximate surface area is 127 Å². The van der Waals surface area contributed by atoms with Gasteiger partial charge in [0, 0.05) is 5.56 Å². The number of hydrogen-bond donors (Lipinski definition) is 1. The van der Waals surface area contributed by atoms with E-state index in [2.05, 4.69) is 46.8 Å². The first-order valence-corrected chi connectivity index (χ1v) is 7.73. The van der Waals surface area contributed by atoms with Crippen LogP contribution in [0.1, 0.15) is 51.8 Å². The second kappa shape index (κ2) is 5.92. The number of rotatable bonds is 4. The van der Waals surface area contributed by atoms with E-state index in [-0.39, 0.29) is 5.54 Å². The summed E-state index contributed by atoms with van der Waals surface area (Å²) in [6.45, 7) is 10.6. The molecule has 0 amide bonds. The van der Waals surface area contributed by atoms with Gasteiger partial charge in [0.05, 0.1) is 5.54 Å². The minimum absolute atomic E-state index is 0.166. The molecule has 0 unspecified atom stereocenters. The number of aryl methyl sites for hydroxylation is 2. The van der Waals surface area contributed by atoms with Gasteiger partial charge < -0.3 is 5.11 Å². The van der Waals surface area contributed by atoms with E-state index in [1.165, 1.54) is 5.56 Å². The lowest BCUT2D eigenvalue weighted by molar-refractivity contribution is 0.356. The third-order valence-electron chi connectivity index (χ3n) is 3.62. The smallest absolute Gasteiger partial charge is 0.164 e. The summed E-state index contributed by atoms with van der Waals surface area (Å²) in [7, 11) is 0. The third-order valence-corrected chi connectivity index (χ3v) is 3.62. The van der Waals surface area contributed by atoms with Crippen molar-refractivity contribution >= 4 is 0 Å². The highest BCUT2D eigenvalue weighted by atomic mass is 16.3. The van der Waals surface area contributed by atoms with E-state index in [0.29, 0.717) is 5.75 Å². The molecule has 0 bridgehead atoms. The number of aromatic nitrogens is 2. The lowest BCUT2D eigenvalue weighted by atomic mass is 10.0. The Morgan fingerprint density at radius 1 is 1.24 bits per heavy atom. The van der Waals surface area contributed by atoms with Crippen LogP contribution >= 0.6 is 0 Å². The summed E-state index contributed by atoms with van der Waals surface area (Å²) in [4.78, 5) is 0. The Kier molecular flexibility index (Phi) is 4.40. The molecule has 0 saturated heterocycles. The van der Waals surface area contributed by atoms with E-state index in [0.717, 1.165) is 36.2 Å². The first-order valence-electron chi connectivity index (χ1n) is 7.73. The molecule has 1 aromatic carbocycles. The zero-order valence-electron chi connectivity index (χ0n) is 13.8. The summed E-state index contributed by atoms with van der Waals surface area (Å²) in [6, 6.07) is 8.23. The van der Waals surface area contributed by atoms with Crippen molar-refractivity contribution in [1.82, 2.24) is 9.78 Å². The second-order valence-corrected chi connectivity index (χ2v) is 6.70. The largest absolute Gasteiger partial charge is 0.504 e. The van der Waals surface area contributed by atoms with Crippen LogP contribution in [-0.2, 0) is 12.0 Å². The predicted octanol–water partition coefficient (Wildman–Crippen LogP) is 4.66. The van der Waals surface area contributed by atoms with Crippen LogP contribution in [-0.4, -0.2) is 14.9 Å². The summed E-state index contributed by atoms with van der Waals surface area (Å²) in [6.07, 6.45) is 2.97.